The third kappa shape index (κ3) is 3.17. The maximum absolute atomic E-state index is 12.4. The Balaban J connectivity index is 0.00000225. The summed E-state index contributed by atoms with van der Waals surface area (Å²) in [6.45, 7) is 1.30. The van der Waals surface area contributed by atoms with Gasteiger partial charge in [-0.1, -0.05) is 24.7 Å². The number of hydrogen-bond acceptors (Lipinski definition) is 1. The van der Waals surface area contributed by atoms with E-state index in [1.165, 1.54) is 19.1 Å². The van der Waals surface area contributed by atoms with Crippen molar-refractivity contribution in [1.82, 2.24) is 0 Å². The summed E-state index contributed by atoms with van der Waals surface area (Å²) in [6.07, 6.45) is -4.36. The fourth-order valence-electron chi connectivity index (χ4n) is 1.27. The molecular weight excluding hydrogens is 219 g/mol. The molecule has 0 aliphatic carbocycles. The van der Waals surface area contributed by atoms with Gasteiger partial charge in [-0.2, -0.15) is 13.2 Å². The van der Waals surface area contributed by atoms with E-state index < -0.39 is 11.7 Å². The molecule has 3 nitrogen and oxygen atoms in total. The Kier molecular flexibility index (Phi) is 4.85. The number of halogens is 3. The minimum atomic E-state index is -4.36. The van der Waals surface area contributed by atoms with Crippen LogP contribution in [0.15, 0.2) is 23.3 Å². The molecule has 0 radical (unpaired) electrons. The van der Waals surface area contributed by atoms with Crippen molar-refractivity contribution in [3.8, 4) is 0 Å². The van der Waals surface area contributed by atoms with Gasteiger partial charge in [-0.15, -0.1) is 0 Å². The van der Waals surface area contributed by atoms with Crippen molar-refractivity contribution < 1.29 is 13.2 Å². The first kappa shape index (κ1) is 14.3. The van der Waals surface area contributed by atoms with Gasteiger partial charge in [-0.25, -0.2) is 0 Å². The molecule has 1 aromatic rings. The molecule has 0 atom stereocenters. The summed E-state index contributed by atoms with van der Waals surface area (Å²) in [5.41, 5.74) is 7.90. The lowest BCUT2D eigenvalue weighted by molar-refractivity contribution is -0.138. The van der Waals surface area contributed by atoms with Crippen LogP contribution in [0.1, 0.15) is 24.1 Å². The standard InChI is InChI=1S/C9H8F3N3.CH4/c1-6-7(5-14-15-13)3-2-4-8(6)9(10,11)12;/h2-4H,5H2,1H3;1H4. The summed E-state index contributed by atoms with van der Waals surface area (Å²) in [6, 6.07) is 3.83. The normalized spacial score (nSPS) is 10.2. The Morgan fingerprint density at radius 2 is 2.00 bits per heavy atom. The second-order valence-corrected chi connectivity index (χ2v) is 2.98. The van der Waals surface area contributed by atoms with Crippen LogP contribution >= 0.6 is 0 Å². The molecule has 0 saturated heterocycles. The molecule has 0 amide bonds. The van der Waals surface area contributed by atoms with Crippen molar-refractivity contribution in [1.29, 1.82) is 0 Å². The van der Waals surface area contributed by atoms with Crippen LogP contribution in [0, 0.1) is 6.92 Å². The van der Waals surface area contributed by atoms with Crippen LogP contribution in [0.3, 0.4) is 0 Å². The van der Waals surface area contributed by atoms with Gasteiger partial charge in [0.15, 0.2) is 0 Å². The largest absolute Gasteiger partial charge is 0.416 e. The predicted molar refractivity (Wildman–Crippen MR) is 55.8 cm³/mol. The Bertz CT molecular complexity index is 406. The molecule has 0 heterocycles. The SMILES string of the molecule is C.Cc1c(CN=[N+]=[N-])cccc1C(F)(F)F. The van der Waals surface area contributed by atoms with Crippen LogP contribution in [0.5, 0.6) is 0 Å². The van der Waals surface area contributed by atoms with E-state index in [0.717, 1.165) is 6.07 Å². The molecule has 1 aromatic carbocycles. The van der Waals surface area contributed by atoms with Crippen molar-refractivity contribution in [2.24, 2.45) is 5.11 Å². The predicted octanol–water partition coefficient (Wildman–Crippen LogP) is 4.46. The van der Waals surface area contributed by atoms with Crippen LogP contribution in [0.2, 0.25) is 0 Å². The summed E-state index contributed by atoms with van der Waals surface area (Å²) in [5, 5.41) is 3.24. The van der Waals surface area contributed by atoms with E-state index >= 15 is 0 Å². The van der Waals surface area contributed by atoms with Crippen LogP contribution in [-0.4, -0.2) is 0 Å². The van der Waals surface area contributed by atoms with E-state index in [1.807, 2.05) is 0 Å². The highest BCUT2D eigenvalue weighted by Gasteiger charge is 2.32. The number of azide groups is 1. The van der Waals surface area contributed by atoms with E-state index in [2.05, 4.69) is 10.0 Å². The lowest BCUT2D eigenvalue weighted by Crippen LogP contribution is -2.08. The topological polar surface area (TPSA) is 48.8 Å². The molecule has 1 rings (SSSR count). The maximum atomic E-state index is 12.4. The average Bonchev–Trinajstić information content (AvgIpc) is 2.14. The molecule has 0 fully saturated rings. The molecule has 0 aliphatic heterocycles. The minimum absolute atomic E-state index is 0. The van der Waals surface area contributed by atoms with E-state index in [9.17, 15) is 13.2 Å². The summed E-state index contributed by atoms with van der Waals surface area (Å²) in [7, 11) is 0. The molecule has 0 bridgehead atoms. The molecule has 16 heavy (non-hydrogen) atoms. The third-order valence-electron chi connectivity index (χ3n) is 2.06. The van der Waals surface area contributed by atoms with Crippen molar-refractivity contribution in [3.05, 3.63) is 45.3 Å². The van der Waals surface area contributed by atoms with Gasteiger partial charge in [-0.3, -0.25) is 0 Å². The fourth-order valence-corrected chi connectivity index (χ4v) is 1.27. The summed E-state index contributed by atoms with van der Waals surface area (Å²) in [4.78, 5) is 2.51. The second kappa shape index (κ2) is 5.42. The number of rotatable bonds is 2. The smallest absolute Gasteiger partial charge is 0.166 e. The molecule has 0 N–H and O–H groups in total. The number of hydrogen-bond donors (Lipinski definition) is 0. The molecular formula is C10H12F3N3. The highest BCUT2D eigenvalue weighted by atomic mass is 19.4. The van der Waals surface area contributed by atoms with Gasteiger partial charge in [0.25, 0.3) is 0 Å². The monoisotopic (exact) mass is 231 g/mol. The van der Waals surface area contributed by atoms with E-state index in [4.69, 9.17) is 5.53 Å². The Morgan fingerprint density at radius 1 is 1.38 bits per heavy atom. The van der Waals surface area contributed by atoms with Gasteiger partial charge in [0, 0.05) is 4.91 Å². The molecule has 6 heteroatoms. The molecule has 0 unspecified atom stereocenters. The molecule has 0 aliphatic rings. The van der Waals surface area contributed by atoms with Gasteiger partial charge in [-0.05, 0) is 29.6 Å². The zero-order valence-electron chi connectivity index (χ0n) is 7.91. The molecule has 88 valence electrons. The van der Waals surface area contributed by atoms with Gasteiger partial charge >= 0.3 is 6.18 Å². The van der Waals surface area contributed by atoms with Gasteiger partial charge in [0.05, 0.1) is 12.1 Å². The zero-order valence-corrected chi connectivity index (χ0v) is 7.91. The van der Waals surface area contributed by atoms with Gasteiger partial charge < -0.3 is 0 Å². The zero-order chi connectivity index (χ0) is 11.5. The van der Waals surface area contributed by atoms with Crippen molar-refractivity contribution >= 4 is 0 Å². The number of nitrogens with zero attached hydrogens (tertiary/aromatic N) is 3. The summed E-state index contributed by atoms with van der Waals surface area (Å²) in [5.74, 6) is 0. The van der Waals surface area contributed by atoms with Crippen molar-refractivity contribution in [3.63, 3.8) is 0 Å². The summed E-state index contributed by atoms with van der Waals surface area (Å²) < 4.78 is 37.3. The first-order valence-corrected chi connectivity index (χ1v) is 4.13. The average molecular weight is 231 g/mol. The van der Waals surface area contributed by atoms with Crippen molar-refractivity contribution in [2.75, 3.05) is 0 Å². The van der Waals surface area contributed by atoms with Crippen LogP contribution in [0.4, 0.5) is 13.2 Å². The van der Waals surface area contributed by atoms with Gasteiger partial charge in [0.2, 0.25) is 0 Å². The van der Waals surface area contributed by atoms with Crippen LogP contribution < -0.4 is 0 Å². The molecule has 0 aromatic heterocycles. The second-order valence-electron chi connectivity index (χ2n) is 2.98. The highest BCUT2D eigenvalue weighted by Crippen LogP contribution is 2.32. The Morgan fingerprint density at radius 3 is 2.50 bits per heavy atom. The number of benzene rings is 1. The minimum Gasteiger partial charge on any atom is -0.166 e. The van der Waals surface area contributed by atoms with Crippen molar-refractivity contribution in [2.45, 2.75) is 27.1 Å². The Labute approximate surface area is 91.5 Å². The van der Waals surface area contributed by atoms with Crippen LogP contribution in [-0.2, 0) is 12.7 Å². The first-order chi connectivity index (χ1) is 6.96. The van der Waals surface area contributed by atoms with E-state index in [1.54, 1.807) is 0 Å². The highest BCUT2D eigenvalue weighted by molar-refractivity contribution is 5.35. The van der Waals surface area contributed by atoms with Gasteiger partial charge in [0.1, 0.15) is 0 Å². The quantitative estimate of drug-likeness (QED) is 0.410. The number of alkyl halides is 3. The summed E-state index contributed by atoms with van der Waals surface area (Å²) >= 11 is 0. The lowest BCUT2D eigenvalue weighted by Gasteiger charge is -2.12. The van der Waals surface area contributed by atoms with E-state index in [0.29, 0.717) is 5.56 Å². The fraction of sp³-hybridized carbons (Fsp3) is 0.400. The Hall–Kier alpha value is -1.68. The third-order valence-corrected chi connectivity index (χ3v) is 2.06. The maximum Gasteiger partial charge on any atom is 0.416 e. The van der Waals surface area contributed by atoms with E-state index in [-0.39, 0.29) is 19.5 Å². The first-order valence-electron chi connectivity index (χ1n) is 4.13. The van der Waals surface area contributed by atoms with Crippen LogP contribution in [0.25, 0.3) is 10.4 Å². The lowest BCUT2D eigenvalue weighted by atomic mass is 10.0. The molecule has 0 saturated carbocycles. The molecule has 0 spiro atoms.